The van der Waals surface area contributed by atoms with Crippen LogP contribution in [-0.4, -0.2) is 33.5 Å². The first-order valence-electron chi connectivity index (χ1n) is 11.4. The van der Waals surface area contributed by atoms with E-state index in [1.807, 2.05) is 26.0 Å². The zero-order chi connectivity index (χ0) is 26.1. The first-order chi connectivity index (χ1) is 17.8. The number of rotatable bonds is 6. The minimum atomic E-state index is -1.07. The van der Waals surface area contributed by atoms with E-state index in [1.165, 1.54) is 23.4 Å². The van der Waals surface area contributed by atoms with Crippen LogP contribution in [0.25, 0.3) is 11.1 Å². The Hall–Kier alpha value is -5.18. The summed E-state index contributed by atoms with van der Waals surface area (Å²) in [5, 5.41) is 30.3. The summed E-state index contributed by atoms with van der Waals surface area (Å²) < 4.78 is 5.49. The van der Waals surface area contributed by atoms with Gasteiger partial charge in [-0.1, -0.05) is 30.3 Å². The number of nitrogens with zero attached hydrogens (tertiary/aromatic N) is 3. The number of aryl methyl sites for hydroxylation is 2. The third-order valence-corrected chi connectivity index (χ3v) is 6.05. The third-order valence-electron chi connectivity index (χ3n) is 6.05. The maximum absolute atomic E-state index is 13.4. The molecule has 3 N–H and O–H groups in total. The number of aromatic carboxylic acids is 1. The Morgan fingerprint density at radius 3 is 2.54 bits per heavy atom. The van der Waals surface area contributed by atoms with Gasteiger partial charge in [-0.2, -0.15) is 15.2 Å². The summed E-state index contributed by atoms with van der Waals surface area (Å²) in [7, 11) is 0. The van der Waals surface area contributed by atoms with Crippen LogP contribution in [0.2, 0.25) is 0 Å². The molecule has 3 aromatic carbocycles. The van der Waals surface area contributed by atoms with Crippen LogP contribution >= 0.6 is 0 Å². The van der Waals surface area contributed by atoms with Crippen molar-refractivity contribution in [1.82, 2.24) is 0 Å². The Morgan fingerprint density at radius 1 is 1.00 bits per heavy atom. The molecule has 0 atom stereocenters. The van der Waals surface area contributed by atoms with Crippen molar-refractivity contribution in [3.8, 4) is 16.9 Å². The predicted molar refractivity (Wildman–Crippen MR) is 140 cm³/mol. The van der Waals surface area contributed by atoms with Gasteiger partial charge in [0.1, 0.15) is 5.75 Å². The molecule has 0 aliphatic carbocycles. The number of carboxylic acid groups (broad SMARTS) is 1. The van der Waals surface area contributed by atoms with Gasteiger partial charge in [0.15, 0.2) is 17.2 Å². The molecule has 1 aromatic heterocycles. The number of carbonyl (C=O) groups excluding carboxylic acids is 1. The fourth-order valence-electron chi connectivity index (χ4n) is 3.91. The number of carbonyl (C=O) groups is 2. The largest absolute Gasteiger partial charge is 0.505 e. The second kappa shape index (κ2) is 9.46. The fraction of sp³-hybridized carbons (Fsp3) is 0.0714. The minimum absolute atomic E-state index is 0.00542. The van der Waals surface area contributed by atoms with Crippen LogP contribution < -0.4 is 10.4 Å². The molecule has 1 amide bonds. The molecule has 0 radical (unpaired) electrons. The summed E-state index contributed by atoms with van der Waals surface area (Å²) in [6.07, 6.45) is 1.48. The van der Waals surface area contributed by atoms with Gasteiger partial charge < -0.3 is 14.6 Å². The van der Waals surface area contributed by atoms with Crippen molar-refractivity contribution >= 4 is 34.7 Å². The predicted octanol–water partition coefficient (Wildman–Crippen LogP) is 5.19. The average molecular weight is 495 g/mol. The number of anilines is 2. The lowest BCUT2D eigenvalue weighted by Crippen LogP contribution is -2.28. The van der Waals surface area contributed by atoms with E-state index in [1.54, 1.807) is 48.5 Å². The van der Waals surface area contributed by atoms with Gasteiger partial charge in [-0.3, -0.25) is 10.2 Å². The molecule has 1 aliphatic heterocycles. The topological polar surface area (TPSA) is 128 Å². The highest BCUT2D eigenvalue weighted by Crippen LogP contribution is 2.36. The number of benzene rings is 3. The van der Waals surface area contributed by atoms with Gasteiger partial charge in [-0.05, 0) is 73.0 Å². The van der Waals surface area contributed by atoms with E-state index in [0.717, 1.165) is 11.1 Å². The quantitative estimate of drug-likeness (QED) is 0.250. The minimum Gasteiger partial charge on any atom is -0.505 e. The number of hydrazone groups is 2. The highest BCUT2D eigenvalue weighted by atomic mass is 16.4. The molecule has 0 saturated carbocycles. The Labute approximate surface area is 212 Å². The zero-order valence-electron chi connectivity index (χ0n) is 20.0. The molecule has 0 fully saturated rings. The molecular weight excluding hydrogens is 472 g/mol. The van der Waals surface area contributed by atoms with Crippen molar-refractivity contribution in [1.29, 1.82) is 0 Å². The summed E-state index contributed by atoms with van der Waals surface area (Å²) in [6.45, 7) is 3.94. The maximum atomic E-state index is 13.4. The standard InChI is InChI=1S/C28H22N4O5/c1-16-11-12-20(14-17(16)2)32-27(34)25(24(31-32)23-10-5-13-37-23)30-29-22-9-4-8-21(26(22)33)18-6-3-7-19(15-18)28(35)36/h3-15,29,33H,1-2H3,(H,35,36). The Morgan fingerprint density at radius 2 is 1.81 bits per heavy atom. The first-order valence-corrected chi connectivity index (χ1v) is 11.4. The molecule has 184 valence electrons. The number of amides is 1. The first kappa shape index (κ1) is 23.6. The van der Waals surface area contributed by atoms with E-state index < -0.39 is 11.9 Å². The summed E-state index contributed by atoms with van der Waals surface area (Å²) in [6, 6.07) is 20.1. The van der Waals surface area contributed by atoms with Crippen molar-refractivity contribution in [2.24, 2.45) is 10.2 Å². The summed E-state index contributed by atoms with van der Waals surface area (Å²) >= 11 is 0. The number of nitrogens with one attached hydrogen (secondary N) is 1. The number of aromatic hydroxyl groups is 1. The lowest BCUT2D eigenvalue weighted by Gasteiger charge is -2.13. The van der Waals surface area contributed by atoms with Gasteiger partial charge in [0.2, 0.25) is 0 Å². The Balaban J connectivity index is 1.50. The Bertz CT molecular complexity index is 1590. The van der Waals surface area contributed by atoms with Gasteiger partial charge in [-0.15, -0.1) is 0 Å². The van der Waals surface area contributed by atoms with Crippen LogP contribution in [0.15, 0.2) is 93.7 Å². The van der Waals surface area contributed by atoms with E-state index in [4.69, 9.17) is 4.42 Å². The van der Waals surface area contributed by atoms with Crippen molar-refractivity contribution in [2.75, 3.05) is 10.4 Å². The second-order valence-electron chi connectivity index (χ2n) is 8.47. The van der Waals surface area contributed by atoms with Crippen molar-refractivity contribution < 1.29 is 24.2 Å². The monoisotopic (exact) mass is 494 g/mol. The molecule has 0 unspecified atom stereocenters. The number of para-hydroxylation sites is 1. The molecule has 1 aliphatic rings. The lowest BCUT2D eigenvalue weighted by atomic mass is 10.0. The SMILES string of the molecule is Cc1ccc(N2N=C(c3ccco3)C(=NNc3cccc(-c4cccc(C(=O)O)c4)c3O)C2=O)cc1C. The maximum Gasteiger partial charge on any atom is 0.335 e. The third kappa shape index (κ3) is 4.45. The zero-order valence-corrected chi connectivity index (χ0v) is 20.0. The van der Waals surface area contributed by atoms with Crippen molar-refractivity contribution in [3.05, 3.63) is 102 Å². The Kier molecular flexibility index (Phi) is 6.02. The second-order valence-corrected chi connectivity index (χ2v) is 8.47. The molecule has 4 aromatic rings. The van der Waals surface area contributed by atoms with Crippen LogP contribution in [0.5, 0.6) is 5.75 Å². The lowest BCUT2D eigenvalue weighted by molar-refractivity contribution is -0.112. The number of phenols is 1. The summed E-state index contributed by atoms with van der Waals surface area (Å²) in [5.74, 6) is -1.32. The van der Waals surface area contributed by atoms with Gasteiger partial charge in [0, 0.05) is 5.56 Å². The molecule has 2 heterocycles. The summed E-state index contributed by atoms with van der Waals surface area (Å²) in [5.41, 5.74) is 6.95. The van der Waals surface area contributed by atoms with E-state index in [9.17, 15) is 19.8 Å². The number of carboxylic acids is 1. The van der Waals surface area contributed by atoms with Gasteiger partial charge in [-0.25, -0.2) is 4.79 Å². The van der Waals surface area contributed by atoms with Gasteiger partial charge >= 0.3 is 11.9 Å². The number of furan rings is 1. The molecular formula is C28H22N4O5. The van der Waals surface area contributed by atoms with Crippen molar-refractivity contribution in [3.63, 3.8) is 0 Å². The van der Waals surface area contributed by atoms with E-state index in [-0.39, 0.29) is 28.4 Å². The molecule has 37 heavy (non-hydrogen) atoms. The highest BCUT2D eigenvalue weighted by Gasteiger charge is 2.35. The number of phenolic OH excluding ortho intramolecular Hbond substituents is 1. The fourth-order valence-corrected chi connectivity index (χ4v) is 3.91. The van der Waals surface area contributed by atoms with E-state index in [2.05, 4.69) is 15.6 Å². The van der Waals surface area contributed by atoms with E-state index >= 15 is 0 Å². The smallest absolute Gasteiger partial charge is 0.335 e. The molecule has 0 spiro atoms. The normalized spacial score (nSPS) is 14.2. The highest BCUT2D eigenvalue weighted by molar-refractivity contribution is 6.74. The molecule has 0 saturated heterocycles. The van der Waals surface area contributed by atoms with Gasteiger partial charge in [0.25, 0.3) is 0 Å². The average Bonchev–Trinajstić information content (AvgIpc) is 3.53. The van der Waals surface area contributed by atoms with Crippen LogP contribution in [0.1, 0.15) is 27.2 Å². The van der Waals surface area contributed by atoms with Crippen LogP contribution in [0, 0.1) is 13.8 Å². The van der Waals surface area contributed by atoms with Gasteiger partial charge in [0.05, 0.1) is 23.2 Å². The molecule has 5 rings (SSSR count). The van der Waals surface area contributed by atoms with Crippen LogP contribution in [-0.2, 0) is 4.79 Å². The summed E-state index contributed by atoms with van der Waals surface area (Å²) in [4.78, 5) is 24.7. The number of hydrogen-bond donors (Lipinski definition) is 3. The van der Waals surface area contributed by atoms with Crippen molar-refractivity contribution in [2.45, 2.75) is 13.8 Å². The molecule has 9 nitrogen and oxygen atoms in total. The van der Waals surface area contributed by atoms with Crippen LogP contribution in [0.4, 0.5) is 11.4 Å². The van der Waals surface area contributed by atoms with E-state index in [0.29, 0.717) is 22.6 Å². The number of hydrogen-bond acceptors (Lipinski definition) is 7. The van der Waals surface area contributed by atoms with Crippen LogP contribution in [0.3, 0.4) is 0 Å². The molecule has 9 heteroatoms. The molecule has 0 bridgehead atoms.